The third-order valence-electron chi connectivity index (χ3n) is 4.71. The van der Waals surface area contributed by atoms with Crippen molar-refractivity contribution in [2.45, 2.75) is 27.7 Å². The highest BCUT2D eigenvalue weighted by molar-refractivity contribution is 6.04. The Morgan fingerprint density at radius 1 is 1.07 bits per heavy atom. The molecule has 0 radical (unpaired) electrons. The first-order chi connectivity index (χ1) is 14.2. The van der Waals surface area contributed by atoms with Gasteiger partial charge >= 0.3 is 11.6 Å². The Morgan fingerprint density at radius 3 is 2.47 bits per heavy atom. The van der Waals surface area contributed by atoms with Crippen molar-refractivity contribution in [1.82, 2.24) is 4.98 Å². The van der Waals surface area contributed by atoms with Crippen LogP contribution in [0.25, 0.3) is 11.0 Å². The van der Waals surface area contributed by atoms with E-state index >= 15 is 0 Å². The minimum absolute atomic E-state index is 0.146. The first-order valence-electron chi connectivity index (χ1n) is 9.23. The Kier molecular flexibility index (Phi) is 5.86. The highest BCUT2D eigenvalue weighted by Gasteiger charge is 2.20. The lowest BCUT2D eigenvalue weighted by Gasteiger charge is -2.08. The fraction of sp³-hybridized carbons (Fsp3) is 0.273. The van der Waals surface area contributed by atoms with Crippen LogP contribution < -0.4 is 10.4 Å². The van der Waals surface area contributed by atoms with E-state index in [1.165, 1.54) is 19.1 Å². The van der Waals surface area contributed by atoms with E-state index < -0.39 is 30.6 Å². The summed E-state index contributed by atoms with van der Waals surface area (Å²) >= 11 is 0. The molecule has 0 unspecified atom stereocenters. The maximum absolute atomic E-state index is 12.3. The van der Waals surface area contributed by atoms with E-state index in [0.717, 1.165) is 10.9 Å². The second-order valence-electron chi connectivity index (χ2n) is 6.96. The molecule has 30 heavy (non-hydrogen) atoms. The van der Waals surface area contributed by atoms with Gasteiger partial charge in [-0.2, -0.15) is 0 Å². The number of hydrogen-bond donors (Lipinski definition) is 1. The normalized spacial score (nSPS) is 10.8. The SMILES string of the molecule is CC(=O)c1c(C)[nH]c(C(=O)COC(=O)COc2ccc3c(C)cc(=O)oc3c2)c1C. The van der Waals surface area contributed by atoms with Gasteiger partial charge in [-0.25, -0.2) is 9.59 Å². The molecule has 1 N–H and O–H groups in total. The minimum Gasteiger partial charge on any atom is -0.482 e. The van der Waals surface area contributed by atoms with E-state index in [2.05, 4.69) is 4.98 Å². The highest BCUT2D eigenvalue weighted by Crippen LogP contribution is 2.22. The Balaban J connectivity index is 1.60. The predicted molar refractivity (Wildman–Crippen MR) is 108 cm³/mol. The van der Waals surface area contributed by atoms with Crippen molar-refractivity contribution in [2.75, 3.05) is 13.2 Å². The van der Waals surface area contributed by atoms with Crippen molar-refractivity contribution in [2.24, 2.45) is 0 Å². The minimum atomic E-state index is -0.734. The molecule has 0 aliphatic rings. The van der Waals surface area contributed by atoms with Gasteiger partial charge in [0.1, 0.15) is 11.3 Å². The number of aryl methyl sites for hydroxylation is 2. The number of ether oxygens (including phenoxy) is 2. The number of nitrogens with one attached hydrogen (secondary N) is 1. The van der Waals surface area contributed by atoms with Gasteiger partial charge < -0.3 is 18.9 Å². The summed E-state index contributed by atoms with van der Waals surface area (Å²) in [5, 5.41) is 0.761. The smallest absolute Gasteiger partial charge is 0.344 e. The van der Waals surface area contributed by atoms with Gasteiger partial charge in [0.25, 0.3) is 0 Å². The standard InChI is InChI=1S/C22H21NO7/c1-11-7-19(26)30-18-8-15(5-6-16(11)18)28-10-20(27)29-9-17(25)22-12(2)21(14(4)24)13(3)23-22/h5-8,23H,9-10H2,1-4H3. The van der Waals surface area contributed by atoms with E-state index in [1.54, 1.807) is 32.9 Å². The lowest BCUT2D eigenvalue weighted by atomic mass is 10.1. The zero-order chi connectivity index (χ0) is 22.0. The number of H-pyrrole nitrogens is 1. The number of hydrogen-bond acceptors (Lipinski definition) is 7. The van der Waals surface area contributed by atoms with Gasteiger partial charge in [-0.15, -0.1) is 0 Å². The summed E-state index contributed by atoms with van der Waals surface area (Å²) in [7, 11) is 0. The van der Waals surface area contributed by atoms with Crippen molar-refractivity contribution >= 4 is 28.5 Å². The first kappa shape index (κ1) is 21.0. The fourth-order valence-electron chi connectivity index (χ4n) is 3.35. The number of ketones is 2. The lowest BCUT2D eigenvalue weighted by Crippen LogP contribution is -2.20. The molecule has 8 heteroatoms. The van der Waals surface area contributed by atoms with Gasteiger partial charge in [-0.3, -0.25) is 9.59 Å². The Labute approximate surface area is 171 Å². The van der Waals surface area contributed by atoms with Crippen molar-refractivity contribution < 1.29 is 28.3 Å². The second kappa shape index (κ2) is 8.36. The summed E-state index contributed by atoms with van der Waals surface area (Å²) in [6.45, 7) is 5.68. The van der Waals surface area contributed by atoms with Crippen LogP contribution >= 0.6 is 0 Å². The fourth-order valence-corrected chi connectivity index (χ4v) is 3.35. The molecule has 1 aromatic carbocycles. The summed E-state index contributed by atoms with van der Waals surface area (Å²) in [4.78, 5) is 50.3. The van der Waals surface area contributed by atoms with Gasteiger partial charge in [0.15, 0.2) is 19.0 Å². The zero-order valence-electron chi connectivity index (χ0n) is 17.1. The van der Waals surface area contributed by atoms with Crippen LogP contribution in [0.5, 0.6) is 5.75 Å². The molecule has 8 nitrogen and oxygen atoms in total. The second-order valence-corrected chi connectivity index (χ2v) is 6.96. The van der Waals surface area contributed by atoms with Crippen LogP contribution in [0.15, 0.2) is 33.5 Å². The van der Waals surface area contributed by atoms with E-state index in [-0.39, 0.29) is 11.5 Å². The van der Waals surface area contributed by atoms with Gasteiger partial charge in [0.05, 0.1) is 5.69 Å². The van der Waals surface area contributed by atoms with Crippen molar-refractivity contribution in [3.05, 3.63) is 62.8 Å². The van der Waals surface area contributed by atoms with Crippen LogP contribution in [0.4, 0.5) is 0 Å². The molecule has 0 atom stereocenters. The topological polar surface area (TPSA) is 116 Å². The summed E-state index contributed by atoms with van der Waals surface area (Å²) in [6, 6.07) is 6.27. The zero-order valence-corrected chi connectivity index (χ0v) is 17.1. The Bertz CT molecular complexity index is 1220. The van der Waals surface area contributed by atoms with E-state index in [0.29, 0.717) is 28.2 Å². The number of carbonyl (C=O) groups excluding carboxylic acids is 3. The molecule has 0 fully saturated rings. The van der Waals surface area contributed by atoms with Gasteiger partial charge in [0, 0.05) is 28.8 Å². The van der Waals surface area contributed by atoms with Crippen molar-refractivity contribution in [1.29, 1.82) is 0 Å². The Morgan fingerprint density at radius 2 is 1.80 bits per heavy atom. The molecule has 3 rings (SSSR count). The molecule has 0 spiro atoms. The van der Waals surface area contributed by atoms with E-state index in [1.807, 2.05) is 0 Å². The monoisotopic (exact) mass is 411 g/mol. The molecule has 2 aromatic heterocycles. The van der Waals surface area contributed by atoms with E-state index in [9.17, 15) is 19.2 Å². The number of carbonyl (C=O) groups is 3. The summed E-state index contributed by atoms with van der Waals surface area (Å²) < 4.78 is 15.5. The number of Topliss-reactive ketones (excluding diaryl/α,β-unsaturated/α-hetero) is 2. The molecule has 0 aliphatic heterocycles. The van der Waals surface area contributed by atoms with Crippen LogP contribution in [0.2, 0.25) is 0 Å². The number of fused-ring (bicyclic) bond motifs is 1. The summed E-state index contributed by atoms with van der Waals surface area (Å²) in [5.74, 6) is -1.00. The maximum atomic E-state index is 12.3. The lowest BCUT2D eigenvalue weighted by molar-refractivity contribution is -0.144. The van der Waals surface area contributed by atoms with Gasteiger partial charge in [-0.05, 0) is 51.0 Å². The highest BCUT2D eigenvalue weighted by atomic mass is 16.6. The number of esters is 1. The molecular weight excluding hydrogens is 390 g/mol. The maximum Gasteiger partial charge on any atom is 0.344 e. The van der Waals surface area contributed by atoms with Gasteiger partial charge in [-0.1, -0.05) is 0 Å². The third-order valence-corrected chi connectivity index (χ3v) is 4.71. The molecule has 0 amide bonds. The van der Waals surface area contributed by atoms with Crippen LogP contribution in [0.1, 0.15) is 44.6 Å². The molecule has 2 heterocycles. The van der Waals surface area contributed by atoms with Crippen molar-refractivity contribution in [3.8, 4) is 5.75 Å². The van der Waals surface area contributed by atoms with Crippen LogP contribution in [0.3, 0.4) is 0 Å². The molecular formula is C22H21NO7. The quantitative estimate of drug-likeness (QED) is 0.361. The average Bonchev–Trinajstić information content (AvgIpc) is 2.98. The van der Waals surface area contributed by atoms with Gasteiger partial charge in [0.2, 0.25) is 5.78 Å². The van der Waals surface area contributed by atoms with Crippen LogP contribution in [-0.4, -0.2) is 35.7 Å². The Hall–Kier alpha value is -3.68. The number of benzene rings is 1. The molecule has 0 aliphatic carbocycles. The average molecular weight is 411 g/mol. The first-order valence-corrected chi connectivity index (χ1v) is 9.23. The largest absolute Gasteiger partial charge is 0.482 e. The molecule has 0 bridgehead atoms. The summed E-state index contributed by atoms with van der Waals surface area (Å²) in [6.07, 6.45) is 0. The van der Waals surface area contributed by atoms with E-state index in [4.69, 9.17) is 13.9 Å². The predicted octanol–water partition coefficient (Wildman–Crippen LogP) is 3.05. The van der Waals surface area contributed by atoms with Crippen molar-refractivity contribution in [3.63, 3.8) is 0 Å². The number of aromatic nitrogens is 1. The number of rotatable bonds is 7. The molecule has 3 aromatic rings. The van der Waals surface area contributed by atoms with Crippen LogP contribution in [-0.2, 0) is 9.53 Å². The molecule has 156 valence electrons. The molecule has 0 saturated heterocycles. The summed E-state index contributed by atoms with van der Waals surface area (Å²) in [5.41, 5.74) is 2.48. The number of aromatic amines is 1. The van der Waals surface area contributed by atoms with Crippen LogP contribution in [0, 0.1) is 20.8 Å². The molecule has 0 saturated carbocycles. The third kappa shape index (κ3) is 4.32.